The van der Waals surface area contributed by atoms with E-state index in [0.29, 0.717) is 6.61 Å². The highest BCUT2D eigenvalue weighted by atomic mass is 16.5. The molecule has 0 aliphatic rings. The number of carbonyl (C=O) groups is 1. The van der Waals surface area contributed by atoms with Gasteiger partial charge >= 0.3 is 0 Å². The Morgan fingerprint density at radius 3 is 2.30 bits per heavy atom. The zero-order chi connectivity index (χ0) is 20.8. The molecule has 5 heteroatoms. The van der Waals surface area contributed by atoms with Gasteiger partial charge in [-0.25, -0.2) is 5.43 Å². The molecule has 148 valence electrons. The van der Waals surface area contributed by atoms with Crippen molar-refractivity contribution in [1.82, 2.24) is 5.43 Å². The molecule has 0 aromatic heterocycles. The van der Waals surface area contributed by atoms with Crippen LogP contribution < -0.4 is 10.2 Å². The first-order valence-electron chi connectivity index (χ1n) is 9.51. The summed E-state index contributed by atoms with van der Waals surface area (Å²) in [6, 6.07) is 28.1. The molecule has 1 amide bonds. The molecule has 0 aliphatic heterocycles. The fourth-order valence-electron chi connectivity index (χ4n) is 3.03. The van der Waals surface area contributed by atoms with Crippen LogP contribution in [0.1, 0.15) is 21.5 Å². The summed E-state index contributed by atoms with van der Waals surface area (Å²) in [7, 11) is 0. The van der Waals surface area contributed by atoms with Crippen molar-refractivity contribution in [3.63, 3.8) is 0 Å². The number of phenols is 1. The van der Waals surface area contributed by atoms with E-state index in [1.54, 1.807) is 12.1 Å². The highest BCUT2D eigenvalue weighted by Gasteiger charge is 2.11. The number of hydrogen-bond donors (Lipinski definition) is 2. The summed E-state index contributed by atoms with van der Waals surface area (Å²) in [4.78, 5) is 12.4. The van der Waals surface area contributed by atoms with Gasteiger partial charge in [0.2, 0.25) is 0 Å². The lowest BCUT2D eigenvalue weighted by Crippen LogP contribution is -2.17. The van der Waals surface area contributed by atoms with Gasteiger partial charge in [-0.3, -0.25) is 4.79 Å². The third kappa shape index (κ3) is 4.64. The third-order valence-electron chi connectivity index (χ3n) is 4.62. The average molecular weight is 396 g/mol. The molecule has 4 aromatic carbocycles. The van der Waals surface area contributed by atoms with Crippen molar-refractivity contribution in [2.75, 3.05) is 0 Å². The SMILES string of the molecule is O=C(N/N=C/c1ccc(OCc2ccccc2)cc1)c1cc2ccccc2cc1O. The molecule has 0 unspecified atom stereocenters. The van der Waals surface area contributed by atoms with Gasteiger partial charge < -0.3 is 9.84 Å². The summed E-state index contributed by atoms with van der Waals surface area (Å²) >= 11 is 0. The van der Waals surface area contributed by atoms with Gasteiger partial charge in [-0.05, 0) is 58.3 Å². The quantitative estimate of drug-likeness (QED) is 0.360. The molecule has 0 bridgehead atoms. The largest absolute Gasteiger partial charge is 0.507 e. The van der Waals surface area contributed by atoms with E-state index >= 15 is 0 Å². The van der Waals surface area contributed by atoms with Crippen molar-refractivity contribution >= 4 is 22.9 Å². The molecular formula is C25H20N2O3. The Balaban J connectivity index is 1.36. The first-order valence-corrected chi connectivity index (χ1v) is 9.51. The van der Waals surface area contributed by atoms with E-state index in [-0.39, 0.29) is 11.3 Å². The Kier molecular flexibility index (Phi) is 5.71. The molecule has 0 heterocycles. The second-order valence-corrected chi connectivity index (χ2v) is 6.76. The van der Waals surface area contributed by atoms with Gasteiger partial charge in [0.15, 0.2) is 0 Å². The van der Waals surface area contributed by atoms with E-state index in [1.807, 2.05) is 78.9 Å². The van der Waals surface area contributed by atoms with Crippen LogP contribution in [0.4, 0.5) is 0 Å². The molecule has 0 radical (unpaired) electrons. The lowest BCUT2D eigenvalue weighted by Gasteiger charge is -2.06. The summed E-state index contributed by atoms with van der Waals surface area (Å²) in [5.74, 6) is 0.194. The molecule has 0 atom stereocenters. The molecule has 30 heavy (non-hydrogen) atoms. The number of nitrogens with one attached hydrogen (secondary N) is 1. The number of rotatable bonds is 6. The number of phenolic OH excluding ortho intramolecular Hbond substituents is 1. The molecular weight excluding hydrogens is 376 g/mol. The summed E-state index contributed by atoms with van der Waals surface area (Å²) in [6.07, 6.45) is 1.54. The second-order valence-electron chi connectivity index (χ2n) is 6.76. The van der Waals surface area contributed by atoms with Gasteiger partial charge in [-0.1, -0.05) is 54.6 Å². The molecule has 5 nitrogen and oxygen atoms in total. The monoisotopic (exact) mass is 396 g/mol. The van der Waals surface area contributed by atoms with E-state index in [4.69, 9.17) is 4.74 Å². The van der Waals surface area contributed by atoms with Gasteiger partial charge in [-0.2, -0.15) is 5.10 Å². The van der Waals surface area contributed by atoms with Crippen LogP contribution in [-0.2, 0) is 6.61 Å². The van der Waals surface area contributed by atoms with Gasteiger partial charge in [0, 0.05) is 0 Å². The molecule has 0 fully saturated rings. The Morgan fingerprint density at radius 1 is 0.900 bits per heavy atom. The maximum Gasteiger partial charge on any atom is 0.275 e. The number of nitrogens with zero attached hydrogens (tertiary/aromatic N) is 1. The highest BCUT2D eigenvalue weighted by Crippen LogP contribution is 2.24. The zero-order valence-corrected chi connectivity index (χ0v) is 16.2. The van der Waals surface area contributed by atoms with Crippen LogP contribution >= 0.6 is 0 Å². The Hall–Kier alpha value is -4.12. The minimum absolute atomic E-state index is 0.0821. The first-order chi connectivity index (χ1) is 14.7. The number of aromatic hydroxyl groups is 1. The van der Waals surface area contributed by atoms with Crippen molar-refractivity contribution < 1.29 is 14.6 Å². The molecule has 0 saturated heterocycles. The lowest BCUT2D eigenvalue weighted by atomic mass is 10.1. The predicted molar refractivity (Wildman–Crippen MR) is 118 cm³/mol. The fraction of sp³-hybridized carbons (Fsp3) is 0.0400. The number of amides is 1. The van der Waals surface area contributed by atoms with Crippen LogP contribution in [-0.4, -0.2) is 17.2 Å². The maximum absolute atomic E-state index is 12.4. The van der Waals surface area contributed by atoms with E-state index < -0.39 is 5.91 Å². The number of hydrazone groups is 1. The smallest absolute Gasteiger partial charge is 0.275 e. The summed E-state index contributed by atoms with van der Waals surface area (Å²) in [5.41, 5.74) is 4.54. The Labute approximate surface area is 174 Å². The van der Waals surface area contributed by atoms with Gasteiger partial charge in [0.25, 0.3) is 5.91 Å². The molecule has 4 aromatic rings. The standard InChI is InChI=1S/C25H20N2O3/c28-24-15-21-9-5-4-8-20(21)14-23(24)25(29)27-26-16-18-10-12-22(13-11-18)30-17-19-6-2-1-3-7-19/h1-16,28H,17H2,(H,27,29)/b26-16+. The van der Waals surface area contributed by atoms with E-state index in [2.05, 4.69) is 10.5 Å². The van der Waals surface area contributed by atoms with Gasteiger partial charge in [0.1, 0.15) is 18.1 Å². The molecule has 4 rings (SSSR count). The minimum atomic E-state index is -0.475. The summed E-state index contributed by atoms with van der Waals surface area (Å²) < 4.78 is 5.75. The minimum Gasteiger partial charge on any atom is -0.507 e. The summed E-state index contributed by atoms with van der Waals surface area (Å²) in [6.45, 7) is 0.500. The van der Waals surface area contributed by atoms with Gasteiger partial charge in [-0.15, -0.1) is 0 Å². The predicted octanol–water partition coefficient (Wildman–Crippen LogP) is 4.89. The number of fused-ring (bicyclic) bond motifs is 1. The van der Waals surface area contributed by atoms with Crippen LogP contribution in [0.15, 0.2) is 96.1 Å². The van der Waals surface area contributed by atoms with Crippen LogP contribution in [0.5, 0.6) is 11.5 Å². The van der Waals surface area contributed by atoms with Crippen LogP contribution in [0, 0.1) is 0 Å². The van der Waals surface area contributed by atoms with Crippen LogP contribution in [0.25, 0.3) is 10.8 Å². The third-order valence-corrected chi connectivity index (χ3v) is 4.62. The fourth-order valence-corrected chi connectivity index (χ4v) is 3.03. The first kappa shape index (κ1) is 19.2. The number of ether oxygens (including phenoxy) is 1. The second kappa shape index (κ2) is 8.92. The van der Waals surface area contributed by atoms with E-state index in [9.17, 15) is 9.90 Å². The van der Waals surface area contributed by atoms with Crippen molar-refractivity contribution in [1.29, 1.82) is 0 Å². The number of carbonyl (C=O) groups excluding carboxylic acids is 1. The van der Waals surface area contributed by atoms with E-state index in [0.717, 1.165) is 27.6 Å². The number of benzene rings is 4. The number of hydrogen-bond acceptors (Lipinski definition) is 4. The van der Waals surface area contributed by atoms with Crippen molar-refractivity contribution in [2.24, 2.45) is 5.10 Å². The normalized spacial score (nSPS) is 10.9. The Bertz CT molecular complexity index is 1190. The van der Waals surface area contributed by atoms with Crippen molar-refractivity contribution in [2.45, 2.75) is 6.61 Å². The van der Waals surface area contributed by atoms with Gasteiger partial charge in [0.05, 0.1) is 11.8 Å². The van der Waals surface area contributed by atoms with Crippen molar-refractivity contribution in [3.8, 4) is 11.5 Å². The highest BCUT2D eigenvalue weighted by molar-refractivity contribution is 6.01. The topological polar surface area (TPSA) is 70.9 Å². The molecule has 0 aliphatic carbocycles. The Morgan fingerprint density at radius 2 is 1.57 bits per heavy atom. The lowest BCUT2D eigenvalue weighted by molar-refractivity contribution is 0.0952. The zero-order valence-electron chi connectivity index (χ0n) is 16.2. The van der Waals surface area contributed by atoms with E-state index in [1.165, 1.54) is 6.21 Å². The van der Waals surface area contributed by atoms with Crippen LogP contribution in [0.2, 0.25) is 0 Å². The maximum atomic E-state index is 12.4. The van der Waals surface area contributed by atoms with Crippen molar-refractivity contribution in [3.05, 3.63) is 108 Å². The molecule has 2 N–H and O–H groups in total. The average Bonchev–Trinajstić information content (AvgIpc) is 2.78. The summed E-state index contributed by atoms with van der Waals surface area (Å²) in [5, 5.41) is 15.9. The molecule has 0 spiro atoms. The van der Waals surface area contributed by atoms with Crippen LogP contribution in [0.3, 0.4) is 0 Å². The molecule has 0 saturated carbocycles.